The van der Waals surface area contributed by atoms with Gasteiger partial charge in [0.05, 0.1) is 11.3 Å². The molecule has 4 bridgehead atoms. The number of alkyl halides is 3. The summed E-state index contributed by atoms with van der Waals surface area (Å²) >= 11 is 5.77. The highest BCUT2D eigenvalue weighted by Crippen LogP contribution is 2.36. The SMILES string of the molecule is O=S1(=O)c2ccc(-c3cccc(C(F)(F)F)c3)nc2N[C@H]2CCN1C2.O=S1(=O)c2ccc(Cl)nc2N[C@H]2CCN1C2. The van der Waals surface area contributed by atoms with Gasteiger partial charge < -0.3 is 10.6 Å². The van der Waals surface area contributed by atoms with Crippen molar-refractivity contribution in [2.75, 3.05) is 36.8 Å². The molecule has 10 nitrogen and oxygen atoms in total. The van der Waals surface area contributed by atoms with Gasteiger partial charge in [0.15, 0.2) is 0 Å². The number of fused-ring (bicyclic) bond motifs is 6. The van der Waals surface area contributed by atoms with E-state index in [0.29, 0.717) is 49.3 Å². The van der Waals surface area contributed by atoms with Crippen LogP contribution in [-0.2, 0) is 26.2 Å². The van der Waals surface area contributed by atoms with Crippen LogP contribution >= 0.6 is 11.6 Å². The van der Waals surface area contributed by atoms with Crippen molar-refractivity contribution in [2.24, 2.45) is 0 Å². The molecule has 0 spiro atoms. The van der Waals surface area contributed by atoms with Gasteiger partial charge in [-0.3, -0.25) is 0 Å². The summed E-state index contributed by atoms with van der Waals surface area (Å²) in [6.45, 7) is 1.91. The maximum Gasteiger partial charge on any atom is 0.416 e. The molecule has 4 atom stereocenters. The van der Waals surface area contributed by atoms with Gasteiger partial charge in [0.25, 0.3) is 0 Å². The second kappa shape index (κ2) is 10.1. The zero-order chi connectivity index (χ0) is 29.2. The Balaban J connectivity index is 0.000000162. The van der Waals surface area contributed by atoms with Gasteiger partial charge in [0, 0.05) is 43.8 Å². The van der Waals surface area contributed by atoms with Gasteiger partial charge in [0.1, 0.15) is 26.6 Å². The molecular weight excluding hydrogens is 605 g/mol. The average Bonchev–Trinajstić information content (AvgIpc) is 3.55. The molecule has 16 heteroatoms. The second-order valence-corrected chi connectivity index (χ2v) is 14.3. The van der Waals surface area contributed by atoms with Crippen molar-refractivity contribution >= 4 is 43.3 Å². The predicted molar refractivity (Wildman–Crippen MR) is 145 cm³/mol. The van der Waals surface area contributed by atoms with E-state index in [2.05, 4.69) is 20.6 Å². The summed E-state index contributed by atoms with van der Waals surface area (Å²) in [6, 6.07) is 10.8. The van der Waals surface area contributed by atoms with Crippen LogP contribution in [0.15, 0.2) is 58.3 Å². The van der Waals surface area contributed by atoms with Crippen LogP contribution in [0.25, 0.3) is 11.3 Å². The van der Waals surface area contributed by atoms with Crippen LogP contribution < -0.4 is 10.6 Å². The van der Waals surface area contributed by atoms with Gasteiger partial charge in [-0.25, -0.2) is 26.8 Å². The molecule has 0 saturated carbocycles. The molecule has 41 heavy (non-hydrogen) atoms. The Morgan fingerprint density at radius 3 is 1.95 bits per heavy atom. The normalized spacial score (nSPS) is 26.6. The molecule has 2 fully saturated rings. The molecule has 0 amide bonds. The van der Waals surface area contributed by atoms with Crippen LogP contribution in [0, 0.1) is 0 Å². The quantitative estimate of drug-likeness (QED) is 0.389. The number of benzene rings is 1. The Labute approximate surface area is 239 Å². The number of nitrogens with one attached hydrogen (secondary N) is 2. The number of aromatic nitrogens is 2. The van der Waals surface area contributed by atoms with Crippen LogP contribution in [0.5, 0.6) is 0 Å². The van der Waals surface area contributed by atoms with Gasteiger partial charge in [-0.15, -0.1) is 0 Å². The largest absolute Gasteiger partial charge is 0.416 e. The number of pyridine rings is 2. The number of nitrogens with zero attached hydrogens (tertiary/aromatic N) is 4. The van der Waals surface area contributed by atoms with Crippen molar-refractivity contribution in [1.29, 1.82) is 0 Å². The molecule has 218 valence electrons. The van der Waals surface area contributed by atoms with Gasteiger partial charge >= 0.3 is 6.18 Å². The summed E-state index contributed by atoms with van der Waals surface area (Å²) in [5, 5.41) is 6.54. The van der Waals surface area contributed by atoms with E-state index < -0.39 is 31.8 Å². The van der Waals surface area contributed by atoms with Crippen molar-refractivity contribution in [2.45, 2.75) is 40.9 Å². The molecule has 2 aromatic heterocycles. The summed E-state index contributed by atoms with van der Waals surface area (Å²) in [4.78, 5) is 8.62. The average molecular weight is 629 g/mol. The second-order valence-electron chi connectivity index (χ2n) is 10.1. The molecule has 0 radical (unpaired) electrons. The Kier molecular flexibility index (Phi) is 6.92. The molecule has 2 N–H and O–H groups in total. The number of rotatable bonds is 1. The van der Waals surface area contributed by atoms with Crippen molar-refractivity contribution in [3.8, 4) is 11.3 Å². The summed E-state index contributed by atoms with van der Waals surface area (Å²) in [7, 11) is -7.02. The third kappa shape index (κ3) is 5.25. The fourth-order valence-corrected chi connectivity index (χ4v) is 8.63. The molecule has 2 unspecified atom stereocenters. The minimum Gasteiger partial charge on any atom is -0.365 e. The number of anilines is 2. The Hall–Kier alpha value is -2.98. The molecule has 0 aliphatic carbocycles. The Morgan fingerprint density at radius 1 is 0.805 bits per heavy atom. The first-order valence-corrected chi connectivity index (χ1v) is 16.0. The Morgan fingerprint density at radius 2 is 1.37 bits per heavy atom. The minimum absolute atomic E-state index is 0.0414. The molecule has 1 aromatic carbocycles. The van der Waals surface area contributed by atoms with Crippen LogP contribution in [-0.4, -0.2) is 73.7 Å². The van der Waals surface area contributed by atoms with E-state index >= 15 is 0 Å². The lowest BCUT2D eigenvalue weighted by Gasteiger charge is -2.17. The van der Waals surface area contributed by atoms with E-state index in [4.69, 9.17) is 11.6 Å². The number of hydrogen-bond donors (Lipinski definition) is 2. The summed E-state index contributed by atoms with van der Waals surface area (Å²) < 4.78 is 91.2. The monoisotopic (exact) mass is 628 g/mol. The molecule has 2 saturated heterocycles. The fraction of sp³-hybridized carbons (Fsp3) is 0.360. The number of hydrogen-bond acceptors (Lipinski definition) is 8. The van der Waals surface area contributed by atoms with Gasteiger partial charge in [0.2, 0.25) is 20.0 Å². The lowest BCUT2D eigenvalue weighted by molar-refractivity contribution is -0.137. The van der Waals surface area contributed by atoms with Crippen LogP contribution in [0.4, 0.5) is 24.8 Å². The van der Waals surface area contributed by atoms with E-state index in [1.807, 2.05) is 0 Å². The van der Waals surface area contributed by atoms with Gasteiger partial charge in [-0.1, -0.05) is 23.7 Å². The lowest BCUT2D eigenvalue weighted by atomic mass is 10.1. The summed E-state index contributed by atoms with van der Waals surface area (Å²) in [5.41, 5.74) is -0.195. The highest BCUT2D eigenvalue weighted by atomic mass is 35.5. The number of halogens is 4. The van der Waals surface area contributed by atoms with Gasteiger partial charge in [-0.05, 0) is 49.2 Å². The first kappa shape index (κ1) is 28.2. The highest BCUT2D eigenvalue weighted by molar-refractivity contribution is 7.89. The van der Waals surface area contributed by atoms with E-state index in [-0.39, 0.29) is 33.3 Å². The lowest BCUT2D eigenvalue weighted by Crippen LogP contribution is -2.28. The number of sulfonamides is 2. The summed E-state index contributed by atoms with van der Waals surface area (Å²) in [5.74, 6) is 0.571. The standard InChI is InChI=1S/C16H14F3N3O2S.C9H10ClN3O2S/c17-16(18,19)11-3-1-2-10(8-11)13-4-5-14-15(21-13)20-12-6-7-22(9-12)25(14,23)24;10-8-2-1-7-9(12-8)11-6-3-4-13(5-6)16(7,14)15/h1-5,8,12H,6-7,9H2,(H,20,21);1-2,6H,3-5H2,(H,11,12)/t12-;6-/m00/s1. The maximum absolute atomic E-state index is 12.9. The van der Waals surface area contributed by atoms with Crippen LogP contribution in [0.1, 0.15) is 18.4 Å². The third-order valence-corrected chi connectivity index (χ3v) is 11.4. The van der Waals surface area contributed by atoms with Crippen molar-refractivity contribution in [1.82, 2.24) is 18.6 Å². The minimum atomic E-state index is -4.45. The van der Waals surface area contributed by atoms with E-state index in [0.717, 1.165) is 18.6 Å². The van der Waals surface area contributed by atoms with Gasteiger partial charge in [-0.2, -0.15) is 21.8 Å². The molecule has 6 heterocycles. The molecule has 7 rings (SSSR count). The smallest absolute Gasteiger partial charge is 0.365 e. The Bertz CT molecular complexity index is 1740. The molecule has 4 aliphatic heterocycles. The molecular formula is C25H24ClF3N6O4S2. The van der Waals surface area contributed by atoms with Crippen LogP contribution in [0.2, 0.25) is 5.15 Å². The maximum atomic E-state index is 12.9. The third-order valence-electron chi connectivity index (χ3n) is 7.39. The van der Waals surface area contributed by atoms with Crippen molar-refractivity contribution in [3.05, 3.63) is 59.2 Å². The van der Waals surface area contributed by atoms with Crippen LogP contribution in [0.3, 0.4) is 0 Å². The van der Waals surface area contributed by atoms with E-state index in [1.54, 1.807) is 0 Å². The predicted octanol–water partition coefficient (Wildman–Crippen LogP) is 3.88. The first-order chi connectivity index (χ1) is 19.3. The zero-order valence-electron chi connectivity index (χ0n) is 21.3. The topological polar surface area (TPSA) is 125 Å². The van der Waals surface area contributed by atoms with E-state index in [9.17, 15) is 30.0 Å². The fourth-order valence-electron chi connectivity index (χ4n) is 5.30. The zero-order valence-corrected chi connectivity index (χ0v) is 23.7. The highest BCUT2D eigenvalue weighted by Gasteiger charge is 2.39. The first-order valence-electron chi connectivity index (χ1n) is 12.7. The molecule has 4 aliphatic rings. The van der Waals surface area contributed by atoms with Crippen molar-refractivity contribution in [3.63, 3.8) is 0 Å². The molecule has 3 aromatic rings. The van der Waals surface area contributed by atoms with E-state index in [1.165, 1.54) is 45.0 Å². The summed E-state index contributed by atoms with van der Waals surface area (Å²) in [6.07, 6.45) is -2.96. The van der Waals surface area contributed by atoms with Crippen molar-refractivity contribution < 1.29 is 30.0 Å².